The Hall–Kier alpha value is -4.28. The monoisotopic (exact) mass is 498 g/mol. The molecule has 1 aromatic heterocycles. The molecule has 4 aromatic rings. The summed E-state index contributed by atoms with van der Waals surface area (Å²) in [7, 11) is 0. The Balaban J connectivity index is 1.58. The van der Waals surface area contributed by atoms with Crippen molar-refractivity contribution in [3.05, 3.63) is 100.0 Å². The van der Waals surface area contributed by atoms with Crippen molar-refractivity contribution < 1.29 is 14.7 Å². The van der Waals surface area contributed by atoms with Gasteiger partial charge in [-0.15, -0.1) is 0 Å². The van der Waals surface area contributed by atoms with E-state index in [0.717, 1.165) is 22.5 Å². The third-order valence-corrected chi connectivity index (χ3v) is 5.94. The zero-order chi connectivity index (χ0) is 25.5. The molecule has 2 N–H and O–H groups in total. The van der Waals surface area contributed by atoms with Crippen molar-refractivity contribution in [2.45, 2.75) is 32.2 Å². The van der Waals surface area contributed by atoms with Gasteiger partial charge in [-0.1, -0.05) is 48.0 Å². The minimum atomic E-state index is -0.824. The van der Waals surface area contributed by atoms with Crippen molar-refractivity contribution >= 4 is 40.2 Å². The zero-order valence-electron chi connectivity index (χ0n) is 19.4. The van der Waals surface area contributed by atoms with Gasteiger partial charge in [0, 0.05) is 29.1 Å². The molecule has 0 saturated heterocycles. The fourth-order valence-electron chi connectivity index (χ4n) is 3.79. The summed E-state index contributed by atoms with van der Waals surface area (Å²) >= 11 is 6.05. The van der Waals surface area contributed by atoms with Crippen LogP contribution in [0.15, 0.2) is 66.7 Å². The SMILES string of the molecule is [C-]#[N+]c1ccc(CNC(=O)c2ccc3nc(-c4ccc(Cl)cc4)c(CCCCC(=O)O)nc3c2)cc1. The van der Waals surface area contributed by atoms with Gasteiger partial charge >= 0.3 is 5.97 Å². The predicted octanol–water partition coefficient (Wildman–Crippen LogP) is 6.23. The lowest BCUT2D eigenvalue weighted by Crippen LogP contribution is -2.22. The number of carboxylic acid groups (broad SMARTS) is 1. The number of rotatable bonds is 9. The van der Waals surface area contributed by atoms with Gasteiger partial charge in [-0.2, -0.15) is 0 Å². The van der Waals surface area contributed by atoms with Crippen LogP contribution in [0.2, 0.25) is 5.02 Å². The second kappa shape index (κ2) is 11.4. The van der Waals surface area contributed by atoms with Gasteiger partial charge in [-0.05, 0) is 55.2 Å². The average Bonchev–Trinajstić information content (AvgIpc) is 2.89. The molecule has 0 fully saturated rings. The number of hydrogen-bond donors (Lipinski definition) is 2. The summed E-state index contributed by atoms with van der Waals surface area (Å²) in [4.78, 5) is 36.7. The van der Waals surface area contributed by atoms with Crippen LogP contribution < -0.4 is 5.32 Å². The number of hydrogen-bond acceptors (Lipinski definition) is 4. The number of aromatic nitrogens is 2. The largest absolute Gasteiger partial charge is 0.481 e. The quantitative estimate of drug-likeness (QED) is 0.211. The van der Waals surface area contributed by atoms with Crippen LogP contribution >= 0.6 is 11.6 Å². The first-order valence-corrected chi connectivity index (χ1v) is 11.8. The molecule has 36 heavy (non-hydrogen) atoms. The number of carbonyl (C=O) groups excluding carboxylic acids is 1. The third kappa shape index (κ3) is 6.23. The molecule has 8 heteroatoms. The van der Waals surface area contributed by atoms with Gasteiger partial charge in [-0.3, -0.25) is 9.59 Å². The molecule has 0 spiro atoms. The fraction of sp³-hybridized carbons (Fsp3) is 0.179. The lowest BCUT2D eigenvalue weighted by molar-refractivity contribution is -0.137. The van der Waals surface area contributed by atoms with Crippen LogP contribution in [0.4, 0.5) is 5.69 Å². The number of benzene rings is 3. The number of amides is 1. The van der Waals surface area contributed by atoms with Gasteiger partial charge < -0.3 is 10.4 Å². The minimum Gasteiger partial charge on any atom is -0.481 e. The highest BCUT2D eigenvalue weighted by molar-refractivity contribution is 6.30. The molecule has 0 aliphatic rings. The van der Waals surface area contributed by atoms with Crippen LogP contribution in [0.1, 0.15) is 40.9 Å². The maximum Gasteiger partial charge on any atom is 0.303 e. The van der Waals surface area contributed by atoms with Crippen LogP contribution in [-0.4, -0.2) is 27.0 Å². The van der Waals surface area contributed by atoms with Gasteiger partial charge in [0.1, 0.15) is 0 Å². The average molecular weight is 499 g/mol. The maximum absolute atomic E-state index is 12.8. The summed E-state index contributed by atoms with van der Waals surface area (Å²) in [6.07, 6.45) is 1.85. The summed E-state index contributed by atoms with van der Waals surface area (Å²) < 4.78 is 0. The number of carbonyl (C=O) groups is 2. The Morgan fingerprint density at radius 2 is 1.69 bits per heavy atom. The second-order valence-electron chi connectivity index (χ2n) is 8.29. The lowest BCUT2D eigenvalue weighted by atomic mass is 10.0. The van der Waals surface area contributed by atoms with Gasteiger partial charge in [0.25, 0.3) is 5.91 Å². The van der Waals surface area contributed by atoms with Gasteiger partial charge in [0.2, 0.25) is 0 Å². The number of nitrogens with one attached hydrogen (secondary N) is 1. The van der Waals surface area contributed by atoms with Gasteiger partial charge in [0.15, 0.2) is 5.69 Å². The number of carboxylic acids is 1. The van der Waals surface area contributed by atoms with E-state index in [1.165, 1.54) is 0 Å². The summed E-state index contributed by atoms with van der Waals surface area (Å²) in [5.74, 6) is -1.06. The van der Waals surface area contributed by atoms with Crippen LogP contribution in [0.5, 0.6) is 0 Å². The van der Waals surface area contributed by atoms with E-state index in [2.05, 4.69) is 10.2 Å². The zero-order valence-corrected chi connectivity index (χ0v) is 20.1. The number of unbranched alkanes of at least 4 members (excludes halogenated alkanes) is 1. The summed E-state index contributed by atoms with van der Waals surface area (Å²) in [6.45, 7) is 7.37. The van der Waals surface area contributed by atoms with E-state index < -0.39 is 5.97 Å². The summed E-state index contributed by atoms with van der Waals surface area (Å²) in [5, 5.41) is 12.5. The van der Waals surface area contributed by atoms with E-state index in [1.807, 2.05) is 24.3 Å². The predicted molar refractivity (Wildman–Crippen MR) is 139 cm³/mol. The molecule has 1 amide bonds. The van der Waals surface area contributed by atoms with Gasteiger partial charge in [0.05, 0.1) is 29.0 Å². The Kier molecular flexibility index (Phi) is 7.89. The molecule has 0 aliphatic heterocycles. The van der Waals surface area contributed by atoms with Crippen LogP contribution in [0.25, 0.3) is 27.1 Å². The molecule has 180 valence electrons. The fourth-order valence-corrected chi connectivity index (χ4v) is 3.91. The molecule has 7 nitrogen and oxygen atoms in total. The van der Waals surface area contributed by atoms with Gasteiger partial charge in [-0.25, -0.2) is 14.8 Å². The topological polar surface area (TPSA) is 96.5 Å². The van der Waals surface area contributed by atoms with Crippen molar-refractivity contribution in [1.29, 1.82) is 0 Å². The lowest BCUT2D eigenvalue weighted by Gasteiger charge is -2.11. The smallest absolute Gasteiger partial charge is 0.303 e. The number of aryl methyl sites for hydroxylation is 1. The molecule has 0 saturated carbocycles. The van der Waals surface area contributed by atoms with Crippen molar-refractivity contribution in [2.24, 2.45) is 0 Å². The van der Waals surface area contributed by atoms with Crippen molar-refractivity contribution in [3.8, 4) is 11.3 Å². The molecule has 0 bridgehead atoms. The van der Waals surface area contributed by atoms with Crippen molar-refractivity contribution in [2.75, 3.05) is 0 Å². The number of nitrogens with zero attached hydrogens (tertiary/aromatic N) is 3. The van der Waals surface area contributed by atoms with E-state index in [1.54, 1.807) is 42.5 Å². The normalized spacial score (nSPS) is 10.7. The first-order chi connectivity index (χ1) is 17.4. The van der Waals surface area contributed by atoms with Crippen LogP contribution in [-0.2, 0) is 17.8 Å². The first kappa shape index (κ1) is 24.8. The Labute approximate surface area is 213 Å². The van der Waals surface area contributed by atoms with Crippen LogP contribution in [0, 0.1) is 6.57 Å². The van der Waals surface area contributed by atoms with E-state index in [-0.39, 0.29) is 12.3 Å². The molecule has 0 aliphatic carbocycles. The molecule has 0 radical (unpaired) electrons. The highest BCUT2D eigenvalue weighted by Crippen LogP contribution is 2.27. The third-order valence-electron chi connectivity index (χ3n) is 5.69. The number of halogens is 1. The van der Waals surface area contributed by atoms with E-state index in [4.69, 9.17) is 33.2 Å². The molecule has 0 unspecified atom stereocenters. The summed E-state index contributed by atoms with van der Waals surface area (Å²) in [6, 6.07) is 19.6. The van der Waals surface area contributed by atoms with Crippen LogP contribution in [0.3, 0.4) is 0 Å². The Morgan fingerprint density at radius 1 is 0.944 bits per heavy atom. The summed E-state index contributed by atoms with van der Waals surface area (Å²) in [5.41, 5.74) is 5.49. The highest BCUT2D eigenvalue weighted by atomic mass is 35.5. The first-order valence-electron chi connectivity index (χ1n) is 11.5. The molecule has 4 rings (SSSR count). The Morgan fingerprint density at radius 3 is 2.39 bits per heavy atom. The highest BCUT2D eigenvalue weighted by Gasteiger charge is 2.14. The molecule has 1 heterocycles. The van der Waals surface area contributed by atoms with E-state index in [0.29, 0.717) is 53.1 Å². The molecule has 0 atom stereocenters. The maximum atomic E-state index is 12.8. The molecule has 3 aromatic carbocycles. The minimum absolute atomic E-state index is 0.0994. The Bertz CT molecular complexity index is 1450. The van der Waals surface area contributed by atoms with Crippen molar-refractivity contribution in [1.82, 2.24) is 15.3 Å². The van der Waals surface area contributed by atoms with E-state index in [9.17, 15) is 9.59 Å². The standard InChI is InChI=1S/C28H23ClN4O3/c1-30-22-13-6-18(7-14-22)17-31-28(36)20-10-15-23-25(16-20)32-24(4-2-3-5-26(34)35)27(33-23)19-8-11-21(29)12-9-19/h6-16H,2-5,17H2,(H,31,36)(H,34,35). The van der Waals surface area contributed by atoms with E-state index >= 15 is 0 Å². The molecular formula is C28H23ClN4O3. The number of fused-ring (bicyclic) bond motifs is 1. The van der Waals surface area contributed by atoms with Crippen molar-refractivity contribution in [3.63, 3.8) is 0 Å². The second-order valence-corrected chi connectivity index (χ2v) is 8.73. The number of aliphatic carboxylic acids is 1. The molecular weight excluding hydrogens is 476 g/mol.